The second-order valence-corrected chi connectivity index (χ2v) is 9.09. The van der Waals surface area contributed by atoms with E-state index in [9.17, 15) is 13.2 Å². The molecule has 1 aromatic rings. The second-order valence-electron chi connectivity index (χ2n) is 9.09. The van der Waals surface area contributed by atoms with Gasteiger partial charge in [0.25, 0.3) is 6.48 Å². The third-order valence-corrected chi connectivity index (χ3v) is 5.23. The molecule has 6 heteroatoms. The first-order chi connectivity index (χ1) is 15.2. The lowest BCUT2D eigenvalue weighted by Gasteiger charge is -2.28. The van der Waals surface area contributed by atoms with Gasteiger partial charge < -0.3 is 14.2 Å². The lowest BCUT2D eigenvalue weighted by molar-refractivity contribution is -0.327. The third-order valence-electron chi connectivity index (χ3n) is 5.23. The van der Waals surface area contributed by atoms with Gasteiger partial charge in [-0.2, -0.15) is 0 Å². The van der Waals surface area contributed by atoms with Crippen LogP contribution in [0.15, 0.2) is 12.1 Å². The predicted molar refractivity (Wildman–Crippen MR) is 123 cm³/mol. The molecule has 1 aromatic carbocycles. The first kappa shape index (κ1) is 28.9. The molecule has 1 unspecified atom stereocenters. The number of hydrogen-bond acceptors (Lipinski definition) is 3. The van der Waals surface area contributed by atoms with E-state index in [2.05, 4.69) is 6.92 Å². The SMILES string of the molecule is CCCCCCCCCC(CCCc1cc(F)c(F)c(F)c1)OC(OC(C)C)OC(C)C. The molecule has 0 N–H and O–H groups in total. The molecule has 0 saturated heterocycles. The maximum absolute atomic E-state index is 13.5. The van der Waals surface area contributed by atoms with Crippen molar-refractivity contribution in [3.05, 3.63) is 35.1 Å². The van der Waals surface area contributed by atoms with E-state index in [-0.39, 0.29) is 18.3 Å². The van der Waals surface area contributed by atoms with Gasteiger partial charge in [0.05, 0.1) is 18.3 Å². The molecule has 1 atom stereocenters. The van der Waals surface area contributed by atoms with Crippen molar-refractivity contribution >= 4 is 0 Å². The number of hydrogen-bond donors (Lipinski definition) is 0. The molecule has 0 saturated carbocycles. The minimum absolute atomic E-state index is 0.0388. The average Bonchev–Trinajstić information content (AvgIpc) is 2.70. The van der Waals surface area contributed by atoms with Crippen molar-refractivity contribution in [3.63, 3.8) is 0 Å². The minimum Gasteiger partial charge on any atom is -0.327 e. The van der Waals surface area contributed by atoms with Gasteiger partial charge in [-0.25, -0.2) is 13.2 Å². The molecule has 0 spiro atoms. The predicted octanol–water partition coefficient (Wildman–Crippen LogP) is 8.09. The van der Waals surface area contributed by atoms with Crippen LogP contribution in [0.2, 0.25) is 0 Å². The summed E-state index contributed by atoms with van der Waals surface area (Å²) in [6.45, 7) is 9.20. The number of unbranched alkanes of at least 4 members (excludes halogenated alkanes) is 6. The Hall–Kier alpha value is -1.11. The van der Waals surface area contributed by atoms with Crippen LogP contribution >= 0.6 is 0 Å². The topological polar surface area (TPSA) is 27.7 Å². The monoisotopic (exact) mass is 460 g/mol. The van der Waals surface area contributed by atoms with Crippen LogP contribution in [0.4, 0.5) is 13.2 Å². The van der Waals surface area contributed by atoms with Crippen molar-refractivity contribution in [2.24, 2.45) is 0 Å². The quantitative estimate of drug-likeness (QED) is 0.126. The summed E-state index contributed by atoms with van der Waals surface area (Å²) in [5.74, 6) is -3.72. The van der Waals surface area contributed by atoms with Crippen molar-refractivity contribution in [1.82, 2.24) is 0 Å². The summed E-state index contributed by atoms with van der Waals surface area (Å²) in [6, 6.07) is 2.13. The largest absolute Gasteiger partial charge is 0.327 e. The fraction of sp³-hybridized carbons (Fsp3) is 0.769. The normalized spacial score (nSPS) is 13.0. The highest BCUT2D eigenvalue weighted by Crippen LogP contribution is 2.21. The van der Waals surface area contributed by atoms with Crippen LogP contribution in [0.5, 0.6) is 0 Å². The molecule has 0 aromatic heterocycles. The van der Waals surface area contributed by atoms with E-state index in [4.69, 9.17) is 14.2 Å². The molecular weight excluding hydrogens is 417 g/mol. The number of aryl methyl sites for hydroxylation is 1. The summed E-state index contributed by atoms with van der Waals surface area (Å²) >= 11 is 0. The van der Waals surface area contributed by atoms with E-state index in [1.54, 1.807) is 0 Å². The number of rotatable bonds is 18. The highest BCUT2D eigenvalue weighted by Gasteiger charge is 2.20. The lowest BCUT2D eigenvalue weighted by atomic mass is 10.0. The summed E-state index contributed by atoms with van der Waals surface area (Å²) < 4.78 is 57.9. The molecule has 0 bridgehead atoms. The van der Waals surface area contributed by atoms with Gasteiger partial charge in [0, 0.05) is 0 Å². The zero-order valence-corrected chi connectivity index (χ0v) is 20.6. The maximum Gasteiger partial charge on any atom is 0.272 e. The smallest absolute Gasteiger partial charge is 0.272 e. The molecule has 0 aliphatic heterocycles. The van der Waals surface area contributed by atoms with Gasteiger partial charge in [-0.15, -0.1) is 0 Å². The molecule has 0 radical (unpaired) electrons. The number of halogens is 3. The fourth-order valence-corrected chi connectivity index (χ4v) is 3.59. The molecule has 0 amide bonds. The zero-order valence-electron chi connectivity index (χ0n) is 20.6. The zero-order chi connectivity index (χ0) is 23.9. The van der Waals surface area contributed by atoms with E-state index in [0.29, 0.717) is 24.8 Å². The Balaban J connectivity index is 2.62. The maximum atomic E-state index is 13.5. The minimum atomic E-state index is -1.42. The van der Waals surface area contributed by atoms with Gasteiger partial charge in [-0.05, 0) is 71.1 Å². The van der Waals surface area contributed by atoms with E-state index in [1.165, 1.54) is 32.1 Å². The Labute approximate surface area is 193 Å². The van der Waals surface area contributed by atoms with Crippen LogP contribution in [0.3, 0.4) is 0 Å². The van der Waals surface area contributed by atoms with E-state index < -0.39 is 23.9 Å². The van der Waals surface area contributed by atoms with Crippen molar-refractivity contribution in [2.45, 2.75) is 130 Å². The first-order valence-corrected chi connectivity index (χ1v) is 12.3. The second kappa shape index (κ2) is 16.5. The van der Waals surface area contributed by atoms with Gasteiger partial charge in [0.1, 0.15) is 0 Å². The summed E-state index contributed by atoms with van der Waals surface area (Å²) in [4.78, 5) is 0. The van der Waals surface area contributed by atoms with E-state index >= 15 is 0 Å². The molecule has 3 nitrogen and oxygen atoms in total. The van der Waals surface area contributed by atoms with Crippen LogP contribution in [0.25, 0.3) is 0 Å². The average molecular weight is 461 g/mol. The van der Waals surface area contributed by atoms with Crippen molar-refractivity contribution in [1.29, 1.82) is 0 Å². The van der Waals surface area contributed by atoms with Gasteiger partial charge in [0.15, 0.2) is 17.5 Å². The molecule has 1 rings (SSSR count). The van der Waals surface area contributed by atoms with Crippen LogP contribution in [-0.4, -0.2) is 24.8 Å². The van der Waals surface area contributed by atoms with Crippen LogP contribution < -0.4 is 0 Å². The van der Waals surface area contributed by atoms with E-state index in [1.807, 2.05) is 27.7 Å². The van der Waals surface area contributed by atoms with Gasteiger partial charge in [-0.1, -0.05) is 51.9 Å². The lowest BCUT2D eigenvalue weighted by Crippen LogP contribution is -2.31. The standard InChI is InChI=1S/C26H43F3O3/c1-6-7-8-9-10-11-12-15-22(32-26(30-19(2)3)31-20(4)5)16-13-14-21-17-23(27)25(29)24(28)18-21/h17-20,22,26H,6-16H2,1-5H3. The summed E-state index contributed by atoms with van der Waals surface area (Å²) in [6.07, 6.45) is 11.0. The Morgan fingerprint density at radius 2 is 1.19 bits per heavy atom. The summed E-state index contributed by atoms with van der Waals surface area (Å²) in [5.41, 5.74) is 0.449. The third kappa shape index (κ3) is 12.8. The van der Waals surface area contributed by atoms with Crippen molar-refractivity contribution in [3.8, 4) is 0 Å². The Kier molecular flexibility index (Phi) is 14.9. The summed E-state index contributed by atoms with van der Waals surface area (Å²) in [5, 5.41) is 0. The summed E-state index contributed by atoms with van der Waals surface area (Å²) in [7, 11) is 0. The number of benzene rings is 1. The van der Waals surface area contributed by atoms with Gasteiger partial charge >= 0.3 is 0 Å². The molecule has 186 valence electrons. The fourth-order valence-electron chi connectivity index (χ4n) is 3.59. The van der Waals surface area contributed by atoms with Crippen LogP contribution in [0, 0.1) is 17.5 Å². The van der Waals surface area contributed by atoms with Crippen LogP contribution in [-0.2, 0) is 20.6 Å². The van der Waals surface area contributed by atoms with Crippen molar-refractivity contribution in [2.75, 3.05) is 0 Å². The Morgan fingerprint density at radius 1 is 0.688 bits per heavy atom. The molecule has 0 heterocycles. The molecule has 0 aliphatic carbocycles. The molecule has 0 fully saturated rings. The molecule has 32 heavy (non-hydrogen) atoms. The molecular formula is C26H43F3O3. The Morgan fingerprint density at radius 3 is 1.72 bits per heavy atom. The first-order valence-electron chi connectivity index (χ1n) is 12.3. The van der Waals surface area contributed by atoms with Gasteiger partial charge in [-0.3, -0.25) is 0 Å². The molecule has 0 aliphatic rings. The Bertz CT molecular complexity index is 589. The van der Waals surface area contributed by atoms with Crippen molar-refractivity contribution < 1.29 is 27.4 Å². The highest BCUT2D eigenvalue weighted by atomic mass is 19.2. The highest BCUT2D eigenvalue weighted by molar-refractivity contribution is 5.19. The number of ether oxygens (including phenoxy) is 3. The van der Waals surface area contributed by atoms with Crippen LogP contribution in [0.1, 0.15) is 104 Å². The van der Waals surface area contributed by atoms with Gasteiger partial charge in [0.2, 0.25) is 0 Å². The van der Waals surface area contributed by atoms with E-state index in [0.717, 1.165) is 31.4 Å².